The Balaban J connectivity index is 1.01. The minimum Gasteiger partial charge on any atom is -0.311 e. The molecule has 0 unspecified atom stereocenters. The molecule has 0 aliphatic carbocycles. The van der Waals surface area contributed by atoms with Gasteiger partial charge in [-0.2, -0.15) is 0 Å². The summed E-state index contributed by atoms with van der Waals surface area (Å²) in [5.41, 5.74) is 13.0. The highest BCUT2D eigenvalue weighted by Crippen LogP contribution is 2.40. The van der Waals surface area contributed by atoms with Crippen molar-refractivity contribution in [1.29, 1.82) is 0 Å². The lowest BCUT2D eigenvalue weighted by Gasteiger charge is -2.26. The minimum absolute atomic E-state index is 1.11. The van der Waals surface area contributed by atoms with Gasteiger partial charge in [-0.25, -0.2) is 0 Å². The van der Waals surface area contributed by atoms with Crippen molar-refractivity contribution in [3.8, 4) is 44.5 Å². The second-order valence-corrected chi connectivity index (χ2v) is 14.1. The summed E-state index contributed by atoms with van der Waals surface area (Å²) >= 11 is 0. The van der Waals surface area contributed by atoms with Gasteiger partial charge < -0.3 is 4.90 Å². The predicted molar refractivity (Wildman–Crippen MR) is 235 cm³/mol. The molecule has 55 heavy (non-hydrogen) atoms. The Morgan fingerprint density at radius 3 is 0.818 bits per heavy atom. The molecule has 0 radical (unpaired) electrons. The van der Waals surface area contributed by atoms with E-state index in [0.29, 0.717) is 0 Å². The first-order valence-electron chi connectivity index (χ1n) is 18.9. The molecular formula is C54H37N. The minimum atomic E-state index is 1.11. The average Bonchev–Trinajstić information content (AvgIpc) is 3.28. The van der Waals surface area contributed by atoms with E-state index < -0.39 is 0 Å². The van der Waals surface area contributed by atoms with Crippen LogP contribution in [0.25, 0.3) is 76.8 Å². The van der Waals surface area contributed by atoms with Gasteiger partial charge in [-0.15, -0.1) is 0 Å². The molecule has 0 amide bonds. The predicted octanol–water partition coefficient (Wildman–Crippen LogP) is 15.3. The number of hydrogen-bond donors (Lipinski definition) is 0. The third-order valence-electron chi connectivity index (χ3n) is 10.9. The molecule has 258 valence electrons. The smallest absolute Gasteiger partial charge is 0.0462 e. The Kier molecular flexibility index (Phi) is 8.24. The zero-order valence-corrected chi connectivity index (χ0v) is 30.3. The molecule has 0 aliphatic heterocycles. The Bertz CT molecular complexity index is 2880. The molecule has 0 heterocycles. The molecule has 10 aromatic carbocycles. The van der Waals surface area contributed by atoms with Crippen molar-refractivity contribution in [2.45, 2.75) is 0 Å². The monoisotopic (exact) mass is 699 g/mol. The lowest BCUT2D eigenvalue weighted by atomic mass is 9.92. The molecule has 0 fully saturated rings. The molecule has 0 aliphatic rings. The largest absolute Gasteiger partial charge is 0.311 e. The maximum Gasteiger partial charge on any atom is 0.0462 e. The fourth-order valence-corrected chi connectivity index (χ4v) is 8.06. The van der Waals surface area contributed by atoms with Gasteiger partial charge >= 0.3 is 0 Å². The van der Waals surface area contributed by atoms with Crippen LogP contribution in [0.1, 0.15) is 0 Å². The van der Waals surface area contributed by atoms with Gasteiger partial charge in [-0.05, 0) is 119 Å². The van der Waals surface area contributed by atoms with Gasteiger partial charge in [0.05, 0.1) is 0 Å². The molecule has 0 spiro atoms. The molecule has 10 aromatic rings. The number of rotatable bonds is 7. The normalized spacial score (nSPS) is 11.3. The summed E-state index contributed by atoms with van der Waals surface area (Å²) in [7, 11) is 0. The van der Waals surface area contributed by atoms with Gasteiger partial charge in [0.1, 0.15) is 0 Å². The highest BCUT2D eigenvalue weighted by Gasteiger charge is 2.15. The quantitative estimate of drug-likeness (QED) is 0.150. The van der Waals surface area contributed by atoms with Crippen LogP contribution in [0.5, 0.6) is 0 Å². The summed E-state index contributed by atoms with van der Waals surface area (Å²) in [5, 5.41) is 7.75. The summed E-state index contributed by atoms with van der Waals surface area (Å²) in [6.45, 7) is 0. The Hall–Kier alpha value is -7.22. The van der Waals surface area contributed by atoms with Gasteiger partial charge in [0.15, 0.2) is 0 Å². The molecule has 1 nitrogen and oxygen atoms in total. The molecule has 0 aromatic heterocycles. The topological polar surface area (TPSA) is 3.24 Å². The first-order valence-corrected chi connectivity index (χ1v) is 18.9. The summed E-state index contributed by atoms with van der Waals surface area (Å²) in [6, 6.07) is 81.3. The van der Waals surface area contributed by atoms with Crippen LogP contribution < -0.4 is 4.90 Å². The summed E-state index contributed by atoms with van der Waals surface area (Å²) in [4.78, 5) is 2.35. The van der Waals surface area contributed by atoms with Crippen LogP contribution in [-0.4, -0.2) is 0 Å². The fraction of sp³-hybridized carbons (Fsp3) is 0. The van der Waals surface area contributed by atoms with Crippen LogP contribution in [0, 0.1) is 0 Å². The lowest BCUT2D eigenvalue weighted by Crippen LogP contribution is -2.09. The van der Waals surface area contributed by atoms with E-state index in [1.54, 1.807) is 0 Å². The Morgan fingerprint density at radius 1 is 0.182 bits per heavy atom. The number of hydrogen-bond acceptors (Lipinski definition) is 1. The third-order valence-corrected chi connectivity index (χ3v) is 10.9. The van der Waals surface area contributed by atoms with Crippen molar-refractivity contribution in [3.63, 3.8) is 0 Å². The number of nitrogens with zero attached hydrogens (tertiary/aromatic N) is 1. The van der Waals surface area contributed by atoms with Gasteiger partial charge in [0.2, 0.25) is 0 Å². The van der Waals surface area contributed by atoms with E-state index in [1.165, 1.54) is 76.8 Å². The zero-order valence-electron chi connectivity index (χ0n) is 30.3. The molecule has 0 saturated carbocycles. The molecule has 0 N–H and O–H groups in total. The third kappa shape index (κ3) is 6.12. The van der Waals surface area contributed by atoms with Gasteiger partial charge in [-0.3, -0.25) is 0 Å². The van der Waals surface area contributed by atoms with E-state index in [-0.39, 0.29) is 0 Å². The summed E-state index contributed by atoms with van der Waals surface area (Å²) < 4.78 is 0. The molecule has 0 atom stereocenters. The fourth-order valence-electron chi connectivity index (χ4n) is 8.06. The van der Waals surface area contributed by atoms with Crippen molar-refractivity contribution < 1.29 is 0 Å². The van der Waals surface area contributed by atoms with E-state index >= 15 is 0 Å². The van der Waals surface area contributed by atoms with Gasteiger partial charge in [0, 0.05) is 17.1 Å². The van der Waals surface area contributed by atoms with E-state index in [9.17, 15) is 0 Å². The summed E-state index contributed by atoms with van der Waals surface area (Å²) in [6.07, 6.45) is 0. The van der Waals surface area contributed by atoms with Crippen LogP contribution in [-0.2, 0) is 0 Å². The standard InChI is InChI=1S/C54H37N/c1-3-11-38(12-4-1)40-19-21-41(22-20-40)43-25-32-47(33-26-43)55(46-30-23-42(24-31-46)39-13-5-2-6-14-39)48-34-27-44(28-35-48)45-29-36-53-51-17-8-7-15-49(51)50-16-9-10-18-52(50)54(53)37-45/h1-37H. The molecule has 0 saturated heterocycles. The van der Waals surface area contributed by atoms with E-state index in [1.807, 2.05) is 0 Å². The summed E-state index contributed by atoms with van der Waals surface area (Å²) in [5.74, 6) is 0. The van der Waals surface area contributed by atoms with E-state index in [2.05, 4.69) is 229 Å². The van der Waals surface area contributed by atoms with Crippen molar-refractivity contribution in [2.75, 3.05) is 4.90 Å². The van der Waals surface area contributed by atoms with Crippen LogP contribution >= 0.6 is 0 Å². The van der Waals surface area contributed by atoms with E-state index in [0.717, 1.165) is 17.1 Å². The van der Waals surface area contributed by atoms with Crippen molar-refractivity contribution in [1.82, 2.24) is 0 Å². The number of benzene rings is 10. The van der Waals surface area contributed by atoms with E-state index in [4.69, 9.17) is 0 Å². The van der Waals surface area contributed by atoms with Crippen LogP contribution in [0.3, 0.4) is 0 Å². The van der Waals surface area contributed by atoms with Crippen molar-refractivity contribution in [2.24, 2.45) is 0 Å². The second-order valence-electron chi connectivity index (χ2n) is 14.1. The average molecular weight is 700 g/mol. The maximum atomic E-state index is 2.37. The molecule has 0 bridgehead atoms. The molecule has 10 rings (SSSR count). The maximum absolute atomic E-state index is 2.37. The SMILES string of the molecule is c1ccc(-c2ccc(-c3ccc(N(c4ccc(-c5ccccc5)cc4)c4ccc(-c5ccc6c7ccccc7c7ccccc7c6c5)cc4)cc3)cc2)cc1. The first kappa shape index (κ1) is 32.4. The van der Waals surface area contributed by atoms with Gasteiger partial charge in [0.25, 0.3) is 0 Å². The lowest BCUT2D eigenvalue weighted by molar-refractivity contribution is 1.28. The number of anilines is 3. The van der Waals surface area contributed by atoms with Crippen LogP contribution in [0.2, 0.25) is 0 Å². The number of fused-ring (bicyclic) bond motifs is 6. The second kappa shape index (κ2) is 14.0. The van der Waals surface area contributed by atoms with Crippen molar-refractivity contribution in [3.05, 3.63) is 224 Å². The Morgan fingerprint density at radius 2 is 0.436 bits per heavy atom. The first-order chi connectivity index (χ1) is 27.3. The highest BCUT2D eigenvalue weighted by atomic mass is 15.1. The highest BCUT2D eigenvalue weighted by molar-refractivity contribution is 6.25. The Labute approximate surface area is 322 Å². The molecule has 1 heteroatoms. The van der Waals surface area contributed by atoms with Crippen molar-refractivity contribution >= 4 is 49.4 Å². The molecular weight excluding hydrogens is 663 g/mol. The zero-order chi connectivity index (χ0) is 36.6. The van der Waals surface area contributed by atoms with Crippen LogP contribution in [0.4, 0.5) is 17.1 Å². The van der Waals surface area contributed by atoms with Crippen LogP contribution in [0.15, 0.2) is 224 Å². The van der Waals surface area contributed by atoms with Gasteiger partial charge in [-0.1, -0.05) is 182 Å².